The Morgan fingerprint density at radius 3 is 2.40 bits per heavy atom. The average molecular weight is 687 g/mol. The van der Waals surface area contributed by atoms with E-state index < -0.39 is 11.7 Å². The van der Waals surface area contributed by atoms with Crippen molar-refractivity contribution in [1.29, 1.82) is 0 Å². The lowest BCUT2D eigenvalue weighted by Gasteiger charge is -2.19. The zero-order valence-corrected chi connectivity index (χ0v) is 20.6. The Kier molecular flexibility index (Phi) is 10.2. The van der Waals surface area contributed by atoms with E-state index in [-0.39, 0.29) is 19.2 Å². The molecule has 6 nitrogen and oxygen atoms in total. The van der Waals surface area contributed by atoms with E-state index in [0.29, 0.717) is 18.7 Å². The highest BCUT2D eigenvalue weighted by Gasteiger charge is 2.16. The Labute approximate surface area is 188 Å². The van der Waals surface area contributed by atoms with Crippen molar-refractivity contribution in [2.24, 2.45) is 0 Å². The normalized spacial score (nSPS) is 11.1. The summed E-state index contributed by atoms with van der Waals surface area (Å²) in [6, 6.07) is 3.80. The molecule has 0 radical (unpaired) electrons. The molecule has 0 bridgehead atoms. The van der Waals surface area contributed by atoms with E-state index in [1.54, 1.807) is 26.8 Å². The molecule has 0 saturated heterocycles. The summed E-state index contributed by atoms with van der Waals surface area (Å²) in [5, 5.41) is 2.59. The number of carbonyl (C=O) groups excluding carboxylic acids is 2. The van der Waals surface area contributed by atoms with Crippen molar-refractivity contribution in [3.8, 4) is 0 Å². The predicted molar refractivity (Wildman–Crippen MR) is 120 cm³/mol. The lowest BCUT2D eigenvalue weighted by Crippen LogP contribution is -2.34. The molecule has 1 aromatic carbocycles. The molecule has 0 atom stereocenters. The third-order valence-corrected chi connectivity index (χ3v) is 6.26. The van der Waals surface area contributed by atoms with Crippen LogP contribution < -0.4 is 5.32 Å². The maximum atomic E-state index is 12.1. The van der Waals surface area contributed by atoms with E-state index in [4.69, 9.17) is 14.2 Å². The van der Waals surface area contributed by atoms with Crippen LogP contribution in [0.3, 0.4) is 0 Å². The van der Waals surface area contributed by atoms with Gasteiger partial charge in [0.2, 0.25) is 0 Å². The fourth-order valence-corrected chi connectivity index (χ4v) is 3.99. The zero-order valence-electron chi connectivity index (χ0n) is 14.2. The van der Waals surface area contributed by atoms with E-state index in [1.165, 1.54) is 0 Å². The van der Waals surface area contributed by atoms with Gasteiger partial charge in [0.15, 0.2) is 0 Å². The van der Waals surface area contributed by atoms with Gasteiger partial charge in [0.05, 0.1) is 18.8 Å². The molecule has 0 aliphatic rings. The first kappa shape index (κ1) is 23.1. The molecule has 25 heavy (non-hydrogen) atoms. The van der Waals surface area contributed by atoms with E-state index >= 15 is 0 Å². The zero-order chi connectivity index (χ0) is 19.0. The number of rotatable bonds is 7. The molecule has 1 aromatic rings. The molecule has 1 amide bonds. The van der Waals surface area contributed by atoms with Gasteiger partial charge in [-0.15, -0.1) is 0 Å². The minimum atomic E-state index is -0.524. The van der Waals surface area contributed by atoms with Gasteiger partial charge < -0.3 is 19.5 Å². The highest BCUT2D eigenvalue weighted by atomic mass is 127. The minimum absolute atomic E-state index is 0.156. The number of benzene rings is 1. The number of ether oxygens (including phenoxy) is 3. The number of carbonyl (C=O) groups is 2. The smallest absolute Gasteiger partial charge is 0.407 e. The number of amides is 1. The third-order valence-electron chi connectivity index (χ3n) is 2.59. The van der Waals surface area contributed by atoms with Gasteiger partial charge in [0.1, 0.15) is 12.2 Å². The SMILES string of the molecule is CC(C)(C)OC(=O)NCCOCCOC(=O)c1cc(I)cc(I)c1I. The minimum Gasteiger partial charge on any atom is -0.460 e. The maximum absolute atomic E-state index is 12.1. The fourth-order valence-electron chi connectivity index (χ4n) is 1.62. The molecule has 1 rings (SSSR count). The first-order valence-corrected chi connectivity index (χ1v) is 10.7. The maximum Gasteiger partial charge on any atom is 0.407 e. The van der Waals surface area contributed by atoms with Crippen LogP contribution >= 0.6 is 67.8 Å². The molecule has 0 aliphatic carbocycles. The molecule has 1 N–H and O–H groups in total. The largest absolute Gasteiger partial charge is 0.460 e. The summed E-state index contributed by atoms with van der Waals surface area (Å²) in [5.41, 5.74) is 0.0347. The molecule has 0 saturated carbocycles. The topological polar surface area (TPSA) is 73.9 Å². The quantitative estimate of drug-likeness (QED) is 0.202. The summed E-state index contributed by atoms with van der Waals surface area (Å²) < 4.78 is 18.5. The molecule has 0 heterocycles. The predicted octanol–water partition coefficient (Wildman–Crippen LogP) is 4.20. The molecule has 0 aliphatic heterocycles. The Morgan fingerprint density at radius 2 is 1.76 bits per heavy atom. The van der Waals surface area contributed by atoms with Gasteiger partial charge in [0.25, 0.3) is 0 Å². The number of hydrogen-bond donors (Lipinski definition) is 1. The second-order valence-electron chi connectivity index (χ2n) is 5.93. The molecule has 140 valence electrons. The van der Waals surface area contributed by atoms with Crippen LogP contribution in [-0.4, -0.2) is 44.0 Å². The first-order valence-electron chi connectivity index (χ1n) is 7.46. The van der Waals surface area contributed by atoms with E-state index in [2.05, 4.69) is 73.1 Å². The summed E-state index contributed by atoms with van der Waals surface area (Å²) >= 11 is 6.50. The molecule has 9 heteroatoms. The van der Waals surface area contributed by atoms with Crippen molar-refractivity contribution in [3.05, 3.63) is 28.4 Å². The van der Waals surface area contributed by atoms with Crippen molar-refractivity contribution < 1.29 is 23.8 Å². The number of hydrogen-bond acceptors (Lipinski definition) is 5. The average Bonchev–Trinajstić information content (AvgIpc) is 2.47. The summed E-state index contributed by atoms with van der Waals surface area (Å²) in [5.74, 6) is -0.365. The van der Waals surface area contributed by atoms with Crippen LogP contribution in [0.1, 0.15) is 31.1 Å². The number of nitrogens with one attached hydrogen (secondary N) is 1. The van der Waals surface area contributed by atoms with Gasteiger partial charge in [-0.2, -0.15) is 0 Å². The molecular formula is C16H20I3NO5. The second-order valence-corrected chi connectivity index (χ2v) is 9.41. The number of alkyl carbamates (subject to hydrolysis) is 1. The van der Waals surface area contributed by atoms with Crippen molar-refractivity contribution in [2.45, 2.75) is 26.4 Å². The Morgan fingerprint density at radius 1 is 1.08 bits per heavy atom. The van der Waals surface area contributed by atoms with E-state index in [0.717, 1.165) is 10.7 Å². The van der Waals surface area contributed by atoms with Crippen molar-refractivity contribution in [1.82, 2.24) is 5.32 Å². The van der Waals surface area contributed by atoms with Crippen LogP contribution in [-0.2, 0) is 14.2 Å². The molecule has 0 unspecified atom stereocenters. The number of esters is 1. The van der Waals surface area contributed by atoms with Crippen LogP contribution in [0.4, 0.5) is 4.79 Å². The van der Waals surface area contributed by atoms with Crippen LogP contribution in [0, 0.1) is 10.7 Å². The van der Waals surface area contributed by atoms with Gasteiger partial charge in [-0.05, 0) is 101 Å². The van der Waals surface area contributed by atoms with Crippen molar-refractivity contribution in [2.75, 3.05) is 26.4 Å². The van der Waals surface area contributed by atoms with Crippen LogP contribution in [0.5, 0.6) is 0 Å². The van der Waals surface area contributed by atoms with Gasteiger partial charge in [-0.1, -0.05) is 0 Å². The highest BCUT2D eigenvalue weighted by molar-refractivity contribution is 14.1. The molecule has 0 aromatic heterocycles. The third kappa shape index (κ3) is 9.56. The fraction of sp³-hybridized carbons (Fsp3) is 0.500. The summed E-state index contributed by atoms with van der Waals surface area (Å²) in [6.07, 6.45) is -0.481. The highest BCUT2D eigenvalue weighted by Crippen LogP contribution is 2.23. The van der Waals surface area contributed by atoms with Crippen LogP contribution in [0.25, 0.3) is 0 Å². The Balaban J connectivity index is 2.22. The Bertz CT molecular complexity index is 617. The summed E-state index contributed by atoms with van der Waals surface area (Å²) in [7, 11) is 0. The monoisotopic (exact) mass is 687 g/mol. The van der Waals surface area contributed by atoms with Crippen LogP contribution in [0.15, 0.2) is 12.1 Å². The lowest BCUT2D eigenvalue weighted by atomic mass is 10.2. The van der Waals surface area contributed by atoms with Gasteiger partial charge in [0, 0.05) is 17.3 Å². The molecule has 0 spiro atoms. The summed E-state index contributed by atoms with van der Waals surface area (Å²) in [6.45, 7) is 6.46. The summed E-state index contributed by atoms with van der Waals surface area (Å²) in [4.78, 5) is 23.5. The van der Waals surface area contributed by atoms with Crippen molar-refractivity contribution in [3.63, 3.8) is 0 Å². The number of halogens is 3. The van der Waals surface area contributed by atoms with E-state index in [9.17, 15) is 9.59 Å². The van der Waals surface area contributed by atoms with Crippen LogP contribution in [0.2, 0.25) is 0 Å². The Hall–Kier alpha value is 0.110. The van der Waals surface area contributed by atoms with E-state index in [1.807, 2.05) is 6.07 Å². The van der Waals surface area contributed by atoms with Crippen molar-refractivity contribution >= 4 is 79.8 Å². The molecule has 0 fully saturated rings. The van der Waals surface area contributed by atoms with Gasteiger partial charge >= 0.3 is 12.1 Å². The standard InChI is InChI=1S/C16H20I3NO5/c1-16(2,3)25-15(22)20-4-5-23-6-7-24-14(21)11-8-10(17)9-12(18)13(11)19/h8-9H,4-7H2,1-3H3,(H,20,22). The van der Waals surface area contributed by atoms with Gasteiger partial charge in [-0.3, -0.25) is 0 Å². The first-order chi connectivity index (χ1) is 11.6. The molecular weight excluding hydrogens is 667 g/mol. The lowest BCUT2D eigenvalue weighted by molar-refractivity contribution is 0.0307. The van der Waals surface area contributed by atoms with Gasteiger partial charge in [-0.25, -0.2) is 9.59 Å². The second kappa shape index (κ2) is 11.1.